The summed E-state index contributed by atoms with van der Waals surface area (Å²) in [5, 5.41) is 5.29. The summed E-state index contributed by atoms with van der Waals surface area (Å²) < 4.78 is 26.4. The summed E-state index contributed by atoms with van der Waals surface area (Å²) >= 11 is 0. The molecule has 0 aliphatic heterocycles. The highest BCUT2D eigenvalue weighted by Crippen LogP contribution is 2.13. The predicted octanol–water partition coefficient (Wildman–Crippen LogP) is 1.95. The minimum absolute atomic E-state index is 0.000485. The third-order valence-electron chi connectivity index (χ3n) is 3.19. The summed E-state index contributed by atoms with van der Waals surface area (Å²) in [7, 11) is -3.62. The Morgan fingerprint density at radius 3 is 2.00 bits per heavy atom. The van der Waals surface area contributed by atoms with E-state index in [2.05, 4.69) is 15.4 Å². The first-order chi connectivity index (χ1) is 11.9. The molecule has 2 aromatic carbocycles. The Hall–Kier alpha value is -2.71. The quantitative estimate of drug-likeness (QED) is 0.701. The molecule has 0 fully saturated rings. The Morgan fingerprint density at radius 2 is 1.44 bits per heavy atom. The van der Waals surface area contributed by atoms with E-state index in [1.165, 1.54) is 19.1 Å². The Morgan fingerprint density at radius 1 is 0.880 bits per heavy atom. The average molecular weight is 361 g/mol. The van der Waals surface area contributed by atoms with Crippen LogP contribution in [0.15, 0.2) is 59.5 Å². The zero-order valence-electron chi connectivity index (χ0n) is 13.7. The number of anilines is 2. The van der Waals surface area contributed by atoms with Gasteiger partial charge in [0, 0.05) is 31.3 Å². The minimum Gasteiger partial charge on any atom is -0.326 e. The van der Waals surface area contributed by atoms with Gasteiger partial charge in [-0.25, -0.2) is 13.1 Å². The summed E-state index contributed by atoms with van der Waals surface area (Å²) in [5.41, 5.74) is 1.19. The van der Waals surface area contributed by atoms with Crippen molar-refractivity contribution < 1.29 is 18.0 Å². The molecular weight excluding hydrogens is 342 g/mol. The van der Waals surface area contributed by atoms with Crippen LogP contribution in [-0.4, -0.2) is 26.8 Å². The maximum Gasteiger partial charge on any atom is 0.240 e. The van der Waals surface area contributed by atoms with Gasteiger partial charge in [0.2, 0.25) is 21.8 Å². The molecular formula is C17H19N3O4S. The normalized spacial score (nSPS) is 10.9. The van der Waals surface area contributed by atoms with E-state index in [0.29, 0.717) is 11.4 Å². The van der Waals surface area contributed by atoms with E-state index in [1.807, 2.05) is 0 Å². The van der Waals surface area contributed by atoms with Gasteiger partial charge in [0.25, 0.3) is 0 Å². The van der Waals surface area contributed by atoms with Gasteiger partial charge in [0.1, 0.15) is 0 Å². The van der Waals surface area contributed by atoms with Crippen LogP contribution in [0.25, 0.3) is 0 Å². The van der Waals surface area contributed by atoms with Crippen LogP contribution in [0.2, 0.25) is 0 Å². The van der Waals surface area contributed by atoms with Gasteiger partial charge < -0.3 is 10.6 Å². The van der Waals surface area contributed by atoms with Crippen molar-refractivity contribution in [3.63, 3.8) is 0 Å². The Kier molecular flexibility index (Phi) is 6.26. The molecule has 8 heteroatoms. The van der Waals surface area contributed by atoms with Gasteiger partial charge in [-0.2, -0.15) is 0 Å². The standard InChI is InChI=1S/C17H19N3O4S/c1-13(21)19-14-7-9-15(10-8-14)20-17(22)11-12-18-25(23,24)16-5-3-2-4-6-16/h2-10,18H,11-12H2,1H3,(H,19,21)(H,20,22). The van der Waals surface area contributed by atoms with E-state index in [0.717, 1.165) is 0 Å². The summed E-state index contributed by atoms with van der Waals surface area (Å²) in [6, 6.07) is 14.6. The number of carbonyl (C=O) groups is 2. The summed E-state index contributed by atoms with van der Waals surface area (Å²) in [5.74, 6) is -0.495. The number of hydrogen-bond donors (Lipinski definition) is 3. The van der Waals surface area contributed by atoms with Crippen molar-refractivity contribution in [1.29, 1.82) is 0 Å². The molecule has 2 rings (SSSR count). The molecule has 0 bridgehead atoms. The lowest BCUT2D eigenvalue weighted by atomic mass is 10.2. The number of hydrogen-bond acceptors (Lipinski definition) is 4. The van der Waals surface area contributed by atoms with Crippen molar-refractivity contribution in [2.24, 2.45) is 0 Å². The van der Waals surface area contributed by atoms with Gasteiger partial charge in [0.05, 0.1) is 4.90 Å². The summed E-state index contributed by atoms with van der Waals surface area (Å²) in [6.07, 6.45) is -0.000485. The highest BCUT2D eigenvalue weighted by molar-refractivity contribution is 7.89. The average Bonchev–Trinajstić information content (AvgIpc) is 2.57. The maximum atomic E-state index is 12.0. The first kappa shape index (κ1) is 18.6. The molecule has 0 saturated carbocycles. The second-order valence-corrected chi connectivity index (χ2v) is 7.03. The lowest BCUT2D eigenvalue weighted by Gasteiger charge is -2.08. The highest BCUT2D eigenvalue weighted by atomic mass is 32.2. The number of carbonyl (C=O) groups excluding carboxylic acids is 2. The molecule has 0 saturated heterocycles. The van der Waals surface area contributed by atoms with Crippen LogP contribution in [0.5, 0.6) is 0 Å². The third kappa shape index (κ3) is 6.02. The predicted molar refractivity (Wildman–Crippen MR) is 95.6 cm³/mol. The van der Waals surface area contributed by atoms with Gasteiger partial charge in [-0.1, -0.05) is 18.2 Å². The number of rotatable bonds is 7. The molecule has 7 nitrogen and oxygen atoms in total. The molecule has 0 atom stereocenters. The molecule has 0 aliphatic carbocycles. The minimum atomic E-state index is -3.62. The van der Waals surface area contributed by atoms with Crippen LogP contribution in [0.1, 0.15) is 13.3 Å². The van der Waals surface area contributed by atoms with Gasteiger partial charge in [-0.15, -0.1) is 0 Å². The molecule has 25 heavy (non-hydrogen) atoms. The second kappa shape index (κ2) is 8.41. The number of sulfonamides is 1. The van der Waals surface area contributed by atoms with Gasteiger partial charge >= 0.3 is 0 Å². The smallest absolute Gasteiger partial charge is 0.240 e. The molecule has 2 amide bonds. The molecule has 2 aromatic rings. The fraction of sp³-hybridized carbons (Fsp3) is 0.176. The van der Waals surface area contributed by atoms with Crippen molar-refractivity contribution in [2.75, 3.05) is 17.2 Å². The van der Waals surface area contributed by atoms with Crippen LogP contribution in [-0.2, 0) is 19.6 Å². The van der Waals surface area contributed by atoms with Gasteiger partial charge in [-0.05, 0) is 36.4 Å². The fourth-order valence-electron chi connectivity index (χ4n) is 2.05. The lowest BCUT2D eigenvalue weighted by molar-refractivity contribution is -0.116. The topological polar surface area (TPSA) is 104 Å². The van der Waals surface area contributed by atoms with E-state index in [1.54, 1.807) is 42.5 Å². The van der Waals surface area contributed by atoms with Crippen molar-refractivity contribution in [3.05, 3.63) is 54.6 Å². The highest BCUT2D eigenvalue weighted by Gasteiger charge is 2.13. The Bertz CT molecular complexity index is 834. The zero-order valence-corrected chi connectivity index (χ0v) is 14.5. The molecule has 0 aliphatic rings. The fourth-order valence-corrected chi connectivity index (χ4v) is 3.10. The van der Waals surface area contributed by atoms with Crippen LogP contribution in [0.3, 0.4) is 0 Å². The third-order valence-corrected chi connectivity index (χ3v) is 4.66. The SMILES string of the molecule is CC(=O)Nc1ccc(NC(=O)CCNS(=O)(=O)c2ccccc2)cc1. The van der Waals surface area contributed by atoms with Crippen LogP contribution < -0.4 is 15.4 Å². The molecule has 0 unspecified atom stereocenters. The summed E-state index contributed by atoms with van der Waals surface area (Å²) in [4.78, 5) is 23.0. The van der Waals surface area contributed by atoms with Crippen LogP contribution in [0, 0.1) is 0 Å². The lowest BCUT2D eigenvalue weighted by Crippen LogP contribution is -2.27. The Labute approximate surface area is 146 Å². The van der Waals surface area contributed by atoms with Gasteiger partial charge in [0.15, 0.2) is 0 Å². The Balaban J connectivity index is 1.82. The van der Waals surface area contributed by atoms with E-state index in [-0.39, 0.29) is 29.7 Å². The first-order valence-corrected chi connectivity index (χ1v) is 9.07. The van der Waals surface area contributed by atoms with E-state index >= 15 is 0 Å². The number of nitrogens with one attached hydrogen (secondary N) is 3. The van der Waals surface area contributed by atoms with Crippen molar-refractivity contribution in [3.8, 4) is 0 Å². The molecule has 0 radical (unpaired) electrons. The van der Waals surface area contributed by atoms with Crippen LogP contribution in [0.4, 0.5) is 11.4 Å². The zero-order chi connectivity index (χ0) is 18.3. The van der Waals surface area contributed by atoms with Crippen molar-refractivity contribution in [2.45, 2.75) is 18.2 Å². The number of amides is 2. The van der Waals surface area contributed by atoms with Gasteiger partial charge in [-0.3, -0.25) is 9.59 Å². The van der Waals surface area contributed by atoms with Crippen LogP contribution >= 0.6 is 0 Å². The van der Waals surface area contributed by atoms with E-state index < -0.39 is 10.0 Å². The maximum absolute atomic E-state index is 12.0. The molecule has 132 valence electrons. The van der Waals surface area contributed by atoms with E-state index in [4.69, 9.17) is 0 Å². The monoisotopic (exact) mass is 361 g/mol. The molecule has 0 aromatic heterocycles. The largest absolute Gasteiger partial charge is 0.326 e. The molecule has 0 heterocycles. The molecule has 3 N–H and O–H groups in total. The second-order valence-electron chi connectivity index (χ2n) is 5.27. The summed E-state index contributed by atoms with van der Waals surface area (Å²) in [6.45, 7) is 1.40. The van der Waals surface area contributed by atoms with Crippen molar-refractivity contribution >= 4 is 33.2 Å². The first-order valence-electron chi connectivity index (χ1n) is 7.59. The van der Waals surface area contributed by atoms with E-state index in [9.17, 15) is 18.0 Å². The van der Waals surface area contributed by atoms with Crippen molar-refractivity contribution in [1.82, 2.24) is 4.72 Å². The number of benzene rings is 2. The molecule has 0 spiro atoms.